The number of carbonyl (C=O) groups excluding carboxylic acids is 2. The van der Waals surface area contributed by atoms with Crippen molar-refractivity contribution in [3.05, 3.63) is 124 Å². The molecule has 1 aliphatic carbocycles. The number of likely N-dealkylation sites (tertiary alicyclic amines) is 1. The number of carbonyl (C=O) groups is 2. The molecule has 1 saturated carbocycles. The number of benzene rings is 4. The number of ether oxygens (including phenoxy) is 1. The van der Waals surface area contributed by atoms with E-state index in [0.29, 0.717) is 24.4 Å². The van der Waals surface area contributed by atoms with Gasteiger partial charge < -0.3 is 19.6 Å². The predicted octanol–water partition coefficient (Wildman–Crippen LogP) is 7.21. The average Bonchev–Trinajstić information content (AvgIpc) is 3.48. The van der Waals surface area contributed by atoms with Crippen molar-refractivity contribution in [2.24, 2.45) is 18.4 Å². The normalized spacial score (nSPS) is 24.0. The maximum Gasteiger partial charge on any atom is 0.329 e. The van der Waals surface area contributed by atoms with Crippen molar-refractivity contribution >= 4 is 28.5 Å². The number of nitrogens with zero attached hydrogens (tertiary/aromatic N) is 4. The summed E-state index contributed by atoms with van der Waals surface area (Å²) in [5, 5.41) is 12.6. The summed E-state index contributed by atoms with van der Waals surface area (Å²) >= 11 is 0. The van der Waals surface area contributed by atoms with Crippen LogP contribution in [-0.2, 0) is 16.6 Å². The highest BCUT2D eigenvalue weighted by molar-refractivity contribution is 6.00. The molecule has 2 N–H and O–H groups in total. The Balaban J connectivity index is 0.725. The SMILES string of the molecule is Cn1c(=O)n(C2CCC(=O)NC2=O)c2ccc(C3CCN(CC4CC5(CCN(c6ccc([C@@H]7c8ccc(O)cc8OC[C@@H]7c7ccccc7)cc6)CC5)C4)CC3)cc21. The zero-order chi connectivity index (χ0) is 39.5. The summed E-state index contributed by atoms with van der Waals surface area (Å²) < 4.78 is 9.41. The molecule has 10 heteroatoms. The van der Waals surface area contributed by atoms with E-state index in [2.05, 4.69) is 81.8 Å². The monoisotopic (exact) mass is 779 g/mol. The third kappa shape index (κ3) is 6.69. The summed E-state index contributed by atoms with van der Waals surface area (Å²) in [7, 11) is 1.77. The summed E-state index contributed by atoms with van der Waals surface area (Å²) in [5.74, 6) is 1.91. The lowest BCUT2D eigenvalue weighted by molar-refractivity contribution is -0.135. The molecule has 4 fully saturated rings. The van der Waals surface area contributed by atoms with Gasteiger partial charge in [-0.2, -0.15) is 0 Å². The molecule has 10 rings (SSSR count). The smallest absolute Gasteiger partial charge is 0.329 e. The Labute approximate surface area is 339 Å². The van der Waals surface area contributed by atoms with E-state index in [-0.39, 0.29) is 35.6 Å². The second-order valence-corrected chi connectivity index (χ2v) is 17.9. The number of aromatic nitrogens is 2. The van der Waals surface area contributed by atoms with Gasteiger partial charge in [0, 0.05) is 62.3 Å². The number of anilines is 1. The highest BCUT2D eigenvalue weighted by Crippen LogP contribution is 2.53. The third-order valence-corrected chi connectivity index (χ3v) is 14.5. The zero-order valence-corrected chi connectivity index (χ0v) is 33.3. The van der Waals surface area contributed by atoms with Gasteiger partial charge in [-0.05, 0) is 122 Å². The molecule has 5 heterocycles. The molecule has 4 aromatic carbocycles. The number of amides is 2. The van der Waals surface area contributed by atoms with Crippen LogP contribution < -0.4 is 20.6 Å². The number of phenolic OH excluding ortho intramolecular Hbond substituents is 1. The van der Waals surface area contributed by atoms with Crippen molar-refractivity contribution in [2.45, 2.75) is 75.2 Å². The molecular weight excluding hydrogens is 727 g/mol. The van der Waals surface area contributed by atoms with Gasteiger partial charge in [-0.3, -0.25) is 24.0 Å². The first-order valence-corrected chi connectivity index (χ1v) is 21.3. The largest absolute Gasteiger partial charge is 0.508 e. The number of aromatic hydroxyl groups is 1. The van der Waals surface area contributed by atoms with E-state index in [4.69, 9.17) is 4.74 Å². The van der Waals surface area contributed by atoms with Crippen LogP contribution in [0.1, 0.15) is 97.4 Å². The molecule has 58 heavy (non-hydrogen) atoms. The maximum atomic E-state index is 13.3. The van der Waals surface area contributed by atoms with E-state index < -0.39 is 11.9 Å². The van der Waals surface area contributed by atoms with Gasteiger partial charge in [0.05, 0.1) is 17.6 Å². The molecule has 0 bridgehead atoms. The van der Waals surface area contributed by atoms with Gasteiger partial charge in [0.1, 0.15) is 17.5 Å². The molecule has 1 unspecified atom stereocenters. The Morgan fingerprint density at radius 2 is 1.53 bits per heavy atom. The number of hydrogen-bond donors (Lipinski definition) is 2. The van der Waals surface area contributed by atoms with Crippen LogP contribution in [0.25, 0.3) is 11.0 Å². The van der Waals surface area contributed by atoms with Crippen LogP contribution in [0, 0.1) is 11.3 Å². The van der Waals surface area contributed by atoms with E-state index in [1.165, 1.54) is 54.6 Å². The Morgan fingerprint density at radius 1 is 0.793 bits per heavy atom. The fourth-order valence-electron chi connectivity index (χ4n) is 11.3. The minimum atomic E-state index is -0.659. The highest BCUT2D eigenvalue weighted by atomic mass is 16.5. The summed E-state index contributed by atoms with van der Waals surface area (Å²) in [6, 6.07) is 31.1. The van der Waals surface area contributed by atoms with Gasteiger partial charge in [-0.15, -0.1) is 0 Å². The summed E-state index contributed by atoms with van der Waals surface area (Å²) in [6.07, 6.45) is 8.01. The number of rotatable bonds is 7. The van der Waals surface area contributed by atoms with Crippen molar-refractivity contribution in [1.29, 1.82) is 0 Å². The van der Waals surface area contributed by atoms with Gasteiger partial charge in [0.15, 0.2) is 0 Å². The summed E-state index contributed by atoms with van der Waals surface area (Å²) in [5.41, 5.74) is 8.12. The standard InChI is InChI=1S/C48H53N5O5/c1-50-42-25-35(9-14-40(42)53(47(50)57)41-15-16-44(55)49-46(41)56)32-17-21-51(22-18-32)29-31-27-48(28-31)19-23-52(24-20-48)36-10-7-34(8-11-36)45-38-13-12-37(54)26-43(38)58-30-39(45)33-5-3-2-4-6-33/h2-14,25-26,31-32,39,41,45,54H,15-24,27-30H2,1H3,(H,49,55,56)/t39-,41?,45-/m1/s1. The van der Waals surface area contributed by atoms with Crippen LogP contribution in [0.5, 0.6) is 11.5 Å². The van der Waals surface area contributed by atoms with Gasteiger partial charge in [0.2, 0.25) is 11.8 Å². The molecular formula is C48H53N5O5. The number of piperidine rings is 3. The molecule has 3 atom stereocenters. The molecule has 10 nitrogen and oxygen atoms in total. The lowest BCUT2D eigenvalue weighted by atomic mass is 9.57. The summed E-state index contributed by atoms with van der Waals surface area (Å²) in [6.45, 7) is 6.18. The number of nitrogens with one attached hydrogen (secondary N) is 1. The molecule has 4 aliphatic heterocycles. The number of fused-ring (bicyclic) bond motifs is 2. The van der Waals surface area contributed by atoms with Crippen molar-refractivity contribution in [3.8, 4) is 11.5 Å². The number of aryl methyl sites for hydroxylation is 1. The van der Waals surface area contributed by atoms with E-state index >= 15 is 0 Å². The predicted molar refractivity (Wildman–Crippen MR) is 225 cm³/mol. The van der Waals surface area contributed by atoms with Crippen LogP contribution in [0.2, 0.25) is 0 Å². The number of phenols is 1. The van der Waals surface area contributed by atoms with E-state index in [1.54, 1.807) is 28.3 Å². The zero-order valence-electron chi connectivity index (χ0n) is 33.3. The lowest BCUT2D eigenvalue weighted by Gasteiger charge is -2.54. The molecule has 1 spiro atoms. The highest BCUT2D eigenvalue weighted by Gasteiger charge is 2.46. The van der Waals surface area contributed by atoms with Gasteiger partial charge in [-0.1, -0.05) is 54.6 Å². The molecule has 2 amide bonds. The second-order valence-electron chi connectivity index (χ2n) is 17.9. The van der Waals surface area contributed by atoms with Gasteiger partial charge in [0.25, 0.3) is 0 Å². The number of hydrogen-bond acceptors (Lipinski definition) is 7. The second kappa shape index (κ2) is 14.8. The Bertz CT molecular complexity index is 2400. The van der Waals surface area contributed by atoms with Crippen molar-refractivity contribution in [1.82, 2.24) is 19.4 Å². The first kappa shape index (κ1) is 37.0. The molecule has 300 valence electrons. The quantitative estimate of drug-likeness (QED) is 0.168. The molecule has 0 radical (unpaired) electrons. The van der Waals surface area contributed by atoms with Crippen LogP contribution in [0.4, 0.5) is 5.69 Å². The Hall–Kier alpha value is -5.35. The Morgan fingerprint density at radius 3 is 2.28 bits per heavy atom. The Kier molecular flexibility index (Phi) is 9.42. The molecule has 1 aromatic heterocycles. The van der Waals surface area contributed by atoms with Gasteiger partial charge >= 0.3 is 5.69 Å². The van der Waals surface area contributed by atoms with Crippen LogP contribution in [0.3, 0.4) is 0 Å². The number of imidazole rings is 1. The van der Waals surface area contributed by atoms with E-state index in [0.717, 1.165) is 67.3 Å². The molecule has 3 saturated heterocycles. The minimum Gasteiger partial charge on any atom is -0.508 e. The van der Waals surface area contributed by atoms with Crippen molar-refractivity contribution in [3.63, 3.8) is 0 Å². The average molecular weight is 780 g/mol. The summed E-state index contributed by atoms with van der Waals surface area (Å²) in [4.78, 5) is 42.9. The molecule has 5 aliphatic rings. The minimum absolute atomic E-state index is 0.149. The maximum absolute atomic E-state index is 13.3. The van der Waals surface area contributed by atoms with Gasteiger partial charge in [-0.25, -0.2) is 4.79 Å². The third-order valence-electron chi connectivity index (χ3n) is 14.5. The fourth-order valence-corrected chi connectivity index (χ4v) is 11.3. The lowest BCUT2D eigenvalue weighted by Crippen LogP contribution is -2.50. The van der Waals surface area contributed by atoms with E-state index in [9.17, 15) is 19.5 Å². The topological polar surface area (TPSA) is 109 Å². The van der Waals surface area contributed by atoms with E-state index in [1.807, 2.05) is 12.1 Å². The van der Waals surface area contributed by atoms with Crippen LogP contribution >= 0.6 is 0 Å². The number of imide groups is 1. The van der Waals surface area contributed by atoms with Crippen LogP contribution in [0.15, 0.2) is 95.8 Å². The first-order valence-electron chi connectivity index (χ1n) is 21.3. The first-order chi connectivity index (χ1) is 28.2. The van der Waals surface area contributed by atoms with Crippen molar-refractivity contribution < 1.29 is 19.4 Å². The molecule has 5 aromatic rings. The van der Waals surface area contributed by atoms with Crippen LogP contribution in [-0.4, -0.2) is 70.3 Å². The fraction of sp³-hybridized carbons (Fsp3) is 0.438. The van der Waals surface area contributed by atoms with Crippen molar-refractivity contribution in [2.75, 3.05) is 44.2 Å².